The molecule has 2 aliphatic rings. The summed E-state index contributed by atoms with van der Waals surface area (Å²) in [7, 11) is 2.02. The van der Waals surface area contributed by atoms with Crippen LogP contribution in [0.15, 0.2) is 30.3 Å². The van der Waals surface area contributed by atoms with Crippen molar-refractivity contribution in [1.29, 1.82) is 0 Å². The molecule has 2 saturated heterocycles. The second kappa shape index (κ2) is 9.35. The number of amides is 1. The largest absolute Gasteiger partial charge is 0.342 e. The lowest BCUT2D eigenvalue weighted by atomic mass is 9.91. The first-order valence-electron chi connectivity index (χ1n) is 9.96. The number of piperidine rings is 2. The molecule has 1 unspecified atom stereocenters. The summed E-state index contributed by atoms with van der Waals surface area (Å²) in [5, 5.41) is 3.24. The van der Waals surface area contributed by atoms with Gasteiger partial charge in [-0.05, 0) is 63.7 Å². The van der Waals surface area contributed by atoms with Gasteiger partial charge in [-0.1, -0.05) is 30.3 Å². The molecule has 0 aromatic heterocycles. The summed E-state index contributed by atoms with van der Waals surface area (Å²) < 4.78 is 0. The predicted octanol–water partition coefficient (Wildman–Crippen LogP) is 2.75. The molecule has 2 heterocycles. The first-order chi connectivity index (χ1) is 12.3. The smallest absolute Gasteiger partial charge is 0.226 e. The third-order valence-electron chi connectivity index (χ3n) is 5.83. The maximum absolute atomic E-state index is 13.0. The van der Waals surface area contributed by atoms with E-state index in [2.05, 4.69) is 45.4 Å². The Hall–Kier alpha value is -1.39. The van der Waals surface area contributed by atoms with E-state index in [0.717, 1.165) is 58.0 Å². The first-order valence-corrected chi connectivity index (χ1v) is 9.96. The van der Waals surface area contributed by atoms with Gasteiger partial charge in [0.1, 0.15) is 0 Å². The Labute approximate surface area is 152 Å². The normalized spacial score (nSPS) is 22.9. The first kappa shape index (κ1) is 18.4. The van der Waals surface area contributed by atoms with E-state index in [1.165, 1.54) is 24.8 Å². The zero-order valence-corrected chi connectivity index (χ0v) is 15.6. The molecule has 1 aromatic rings. The second-order valence-electron chi connectivity index (χ2n) is 7.72. The fourth-order valence-corrected chi connectivity index (χ4v) is 4.29. The molecule has 1 amide bonds. The van der Waals surface area contributed by atoms with Gasteiger partial charge < -0.3 is 10.2 Å². The van der Waals surface area contributed by atoms with Gasteiger partial charge in [0.25, 0.3) is 0 Å². The summed E-state index contributed by atoms with van der Waals surface area (Å²) in [6.45, 7) is 6.02. The van der Waals surface area contributed by atoms with Crippen LogP contribution in [0.2, 0.25) is 0 Å². The van der Waals surface area contributed by atoms with E-state index in [4.69, 9.17) is 0 Å². The summed E-state index contributed by atoms with van der Waals surface area (Å²) in [6, 6.07) is 10.6. The van der Waals surface area contributed by atoms with Crippen LogP contribution in [0.1, 0.15) is 37.7 Å². The number of hydrogen-bond donors (Lipinski definition) is 1. The van der Waals surface area contributed by atoms with E-state index in [-0.39, 0.29) is 5.92 Å². The van der Waals surface area contributed by atoms with E-state index in [1.807, 2.05) is 7.05 Å². The van der Waals surface area contributed by atoms with E-state index in [1.54, 1.807) is 0 Å². The Balaban J connectivity index is 1.47. The molecule has 2 aliphatic heterocycles. The number of hydrogen-bond acceptors (Lipinski definition) is 3. The number of rotatable bonds is 6. The Morgan fingerprint density at radius 1 is 1.12 bits per heavy atom. The van der Waals surface area contributed by atoms with Gasteiger partial charge in [0.05, 0.1) is 5.92 Å². The zero-order valence-electron chi connectivity index (χ0n) is 15.6. The minimum absolute atomic E-state index is 0.200. The second-order valence-corrected chi connectivity index (χ2v) is 7.72. The van der Waals surface area contributed by atoms with Gasteiger partial charge in [-0.25, -0.2) is 0 Å². The minimum atomic E-state index is 0.200. The molecule has 0 bridgehead atoms. The summed E-state index contributed by atoms with van der Waals surface area (Å²) in [4.78, 5) is 17.6. The van der Waals surface area contributed by atoms with Crippen LogP contribution < -0.4 is 5.32 Å². The van der Waals surface area contributed by atoms with Gasteiger partial charge in [-0.3, -0.25) is 9.69 Å². The van der Waals surface area contributed by atoms with Crippen molar-refractivity contribution in [3.8, 4) is 0 Å². The molecule has 4 heteroatoms. The van der Waals surface area contributed by atoms with Crippen LogP contribution in [0.4, 0.5) is 0 Å². The molecule has 2 fully saturated rings. The molecule has 25 heavy (non-hydrogen) atoms. The molecule has 138 valence electrons. The average Bonchev–Trinajstić information content (AvgIpc) is 2.67. The number of nitrogens with zero attached hydrogens (tertiary/aromatic N) is 2. The number of nitrogens with one attached hydrogen (secondary N) is 1. The summed E-state index contributed by atoms with van der Waals surface area (Å²) in [6.07, 6.45) is 5.79. The third kappa shape index (κ3) is 5.29. The summed E-state index contributed by atoms with van der Waals surface area (Å²) in [5.41, 5.74) is 1.35. The highest BCUT2D eigenvalue weighted by atomic mass is 16.2. The van der Waals surface area contributed by atoms with Gasteiger partial charge in [0.15, 0.2) is 0 Å². The Kier molecular flexibility index (Phi) is 6.88. The van der Waals surface area contributed by atoms with Crippen molar-refractivity contribution in [2.75, 3.05) is 39.8 Å². The maximum Gasteiger partial charge on any atom is 0.226 e. The third-order valence-corrected chi connectivity index (χ3v) is 5.83. The number of benzene rings is 1. The monoisotopic (exact) mass is 343 g/mol. The van der Waals surface area contributed by atoms with Crippen LogP contribution in [-0.2, 0) is 11.3 Å². The average molecular weight is 344 g/mol. The van der Waals surface area contributed by atoms with E-state index in [9.17, 15) is 4.79 Å². The standard InChI is InChI=1S/C21H33N3O/c1-22-12-9-18-10-14-24(15-11-18)21(25)20-8-5-13-23(17-20)16-19-6-3-2-4-7-19/h2-4,6-7,18,20,22H,5,8-17H2,1H3. The van der Waals surface area contributed by atoms with Gasteiger partial charge >= 0.3 is 0 Å². The van der Waals surface area contributed by atoms with Gasteiger partial charge in [-0.2, -0.15) is 0 Å². The van der Waals surface area contributed by atoms with Crippen LogP contribution in [0.25, 0.3) is 0 Å². The molecule has 1 N–H and O–H groups in total. The van der Waals surface area contributed by atoms with Crippen molar-refractivity contribution in [1.82, 2.24) is 15.1 Å². The lowest BCUT2D eigenvalue weighted by Crippen LogP contribution is -2.47. The van der Waals surface area contributed by atoms with Crippen LogP contribution in [0.3, 0.4) is 0 Å². The highest BCUT2D eigenvalue weighted by Gasteiger charge is 2.31. The molecule has 4 nitrogen and oxygen atoms in total. The van der Waals surface area contributed by atoms with Gasteiger partial charge in [0.2, 0.25) is 5.91 Å². The highest BCUT2D eigenvalue weighted by molar-refractivity contribution is 5.79. The maximum atomic E-state index is 13.0. The number of carbonyl (C=O) groups is 1. The van der Waals surface area contributed by atoms with Crippen molar-refractivity contribution in [2.24, 2.45) is 11.8 Å². The SMILES string of the molecule is CNCCC1CCN(C(=O)C2CCCN(Cc3ccccc3)C2)CC1. The van der Waals surface area contributed by atoms with E-state index < -0.39 is 0 Å². The molecule has 0 spiro atoms. The fourth-order valence-electron chi connectivity index (χ4n) is 4.29. The Morgan fingerprint density at radius 3 is 2.60 bits per heavy atom. The topological polar surface area (TPSA) is 35.6 Å². The summed E-state index contributed by atoms with van der Waals surface area (Å²) >= 11 is 0. The molecule has 3 rings (SSSR count). The fraction of sp³-hybridized carbons (Fsp3) is 0.667. The quantitative estimate of drug-likeness (QED) is 0.863. The predicted molar refractivity (Wildman–Crippen MR) is 102 cm³/mol. The molecular weight excluding hydrogens is 310 g/mol. The van der Waals surface area contributed by atoms with Crippen molar-refractivity contribution >= 4 is 5.91 Å². The number of carbonyl (C=O) groups excluding carboxylic acids is 1. The van der Waals surface area contributed by atoms with Gasteiger partial charge in [-0.15, -0.1) is 0 Å². The lowest BCUT2D eigenvalue weighted by molar-refractivity contribution is -0.138. The minimum Gasteiger partial charge on any atom is -0.342 e. The Morgan fingerprint density at radius 2 is 1.88 bits per heavy atom. The van der Waals surface area contributed by atoms with Crippen molar-refractivity contribution in [3.63, 3.8) is 0 Å². The lowest BCUT2D eigenvalue weighted by Gasteiger charge is -2.38. The molecular formula is C21H33N3O. The molecule has 1 atom stereocenters. The van der Waals surface area contributed by atoms with Crippen LogP contribution in [-0.4, -0.2) is 55.5 Å². The number of likely N-dealkylation sites (tertiary alicyclic amines) is 2. The van der Waals surface area contributed by atoms with Crippen molar-refractivity contribution in [3.05, 3.63) is 35.9 Å². The molecule has 0 radical (unpaired) electrons. The Bertz CT molecular complexity index is 525. The van der Waals surface area contributed by atoms with Crippen molar-refractivity contribution in [2.45, 2.75) is 38.6 Å². The van der Waals surface area contributed by atoms with Crippen LogP contribution in [0, 0.1) is 11.8 Å². The van der Waals surface area contributed by atoms with Crippen LogP contribution >= 0.6 is 0 Å². The molecule has 0 saturated carbocycles. The van der Waals surface area contributed by atoms with Crippen LogP contribution in [0.5, 0.6) is 0 Å². The molecule has 1 aromatic carbocycles. The van der Waals surface area contributed by atoms with E-state index in [0.29, 0.717) is 5.91 Å². The van der Waals surface area contributed by atoms with E-state index >= 15 is 0 Å². The van der Waals surface area contributed by atoms with Gasteiger partial charge in [0, 0.05) is 26.2 Å². The zero-order chi connectivity index (χ0) is 17.5. The molecule has 0 aliphatic carbocycles. The summed E-state index contributed by atoms with van der Waals surface area (Å²) in [5.74, 6) is 1.40. The van der Waals surface area contributed by atoms with Crippen molar-refractivity contribution < 1.29 is 4.79 Å². The highest BCUT2D eigenvalue weighted by Crippen LogP contribution is 2.25.